The Hall–Kier alpha value is 0.0900. The lowest BCUT2D eigenvalue weighted by atomic mass is 10.1. The summed E-state index contributed by atoms with van der Waals surface area (Å²) in [6, 6.07) is 5.77. The van der Waals surface area contributed by atoms with E-state index in [2.05, 4.69) is 0 Å². The summed E-state index contributed by atoms with van der Waals surface area (Å²) in [4.78, 5) is 0. The minimum absolute atomic E-state index is 0.450. The second-order valence-electron chi connectivity index (χ2n) is 2.45. The average Bonchev–Trinajstić information content (AvgIpc) is 2.05. The number of rotatable bonds is 3. The highest BCUT2D eigenvalue weighted by Gasteiger charge is 2.04. The molecule has 0 bridgehead atoms. The summed E-state index contributed by atoms with van der Waals surface area (Å²) in [5.41, 5.74) is 2.15. The Kier molecular flexibility index (Phi) is 4.20. The summed E-state index contributed by atoms with van der Waals surface area (Å²) >= 11 is 17.3. The first-order chi connectivity index (χ1) is 5.79. The van der Waals surface area contributed by atoms with E-state index in [-0.39, 0.29) is 0 Å². The van der Waals surface area contributed by atoms with Gasteiger partial charge in [0.25, 0.3) is 0 Å². The quantitative estimate of drug-likeness (QED) is 0.683. The van der Waals surface area contributed by atoms with E-state index in [1.807, 2.05) is 18.2 Å². The fourth-order valence-corrected chi connectivity index (χ4v) is 1.94. The summed E-state index contributed by atoms with van der Waals surface area (Å²) in [6.45, 7) is 0. The lowest BCUT2D eigenvalue weighted by Crippen LogP contribution is -1.93. The molecule has 1 aromatic rings. The van der Waals surface area contributed by atoms with Gasteiger partial charge in [0.15, 0.2) is 0 Å². The third kappa shape index (κ3) is 2.29. The first kappa shape index (κ1) is 10.2. The van der Waals surface area contributed by atoms with E-state index in [1.54, 1.807) is 0 Å². The van der Waals surface area contributed by atoms with Gasteiger partial charge in [-0.25, -0.2) is 0 Å². The number of hydrogen-bond donors (Lipinski definition) is 0. The van der Waals surface area contributed by atoms with Crippen LogP contribution >= 0.6 is 34.8 Å². The van der Waals surface area contributed by atoms with Crippen molar-refractivity contribution in [3.8, 4) is 0 Å². The number of halogens is 3. The minimum Gasteiger partial charge on any atom is -0.126 e. The molecule has 0 saturated heterocycles. The van der Waals surface area contributed by atoms with Gasteiger partial charge in [-0.3, -0.25) is 0 Å². The predicted molar refractivity (Wildman–Crippen MR) is 55.4 cm³/mol. The van der Waals surface area contributed by atoms with E-state index in [1.165, 1.54) is 0 Å². The molecule has 0 aromatic heterocycles. The molecule has 0 unspecified atom stereocenters. The lowest BCUT2D eigenvalue weighted by Gasteiger charge is -2.06. The molecular formula is C9H9Cl3. The van der Waals surface area contributed by atoms with Gasteiger partial charge in [0.1, 0.15) is 0 Å². The first-order valence-electron chi connectivity index (χ1n) is 3.67. The summed E-state index contributed by atoms with van der Waals surface area (Å²) < 4.78 is 0. The molecule has 12 heavy (non-hydrogen) atoms. The van der Waals surface area contributed by atoms with Crippen LogP contribution in [-0.2, 0) is 12.3 Å². The van der Waals surface area contributed by atoms with Crippen molar-refractivity contribution in [3.63, 3.8) is 0 Å². The van der Waals surface area contributed by atoms with E-state index in [9.17, 15) is 0 Å². The fraction of sp³-hybridized carbons (Fsp3) is 0.333. The Bertz CT molecular complexity index is 258. The number of aryl methyl sites for hydroxylation is 1. The standard InChI is InChI=1S/C9H9Cl3/c10-5-4-7-2-1-3-9(12)8(7)6-11/h1-3H,4-6H2. The van der Waals surface area contributed by atoms with Crippen LogP contribution in [0.1, 0.15) is 11.1 Å². The van der Waals surface area contributed by atoms with Gasteiger partial charge in [-0.2, -0.15) is 0 Å². The molecule has 3 heteroatoms. The molecule has 0 amide bonds. The van der Waals surface area contributed by atoms with Crippen LogP contribution in [0.5, 0.6) is 0 Å². The van der Waals surface area contributed by atoms with Crippen molar-refractivity contribution in [3.05, 3.63) is 34.3 Å². The fourth-order valence-electron chi connectivity index (χ4n) is 1.09. The number of benzene rings is 1. The van der Waals surface area contributed by atoms with E-state index >= 15 is 0 Å². The van der Waals surface area contributed by atoms with Crippen molar-refractivity contribution >= 4 is 34.8 Å². The molecule has 0 N–H and O–H groups in total. The van der Waals surface area contributed by atoms with Crippen LogP contribution in [0, 0.1) is 0 Å². The van der Waals surface area contributed by atoms with E-state index in [4.69, 9.17) is 34.8 Å². The maximum absolute atomic E-state index is 5.94. The molecule has 0 aliphatic heterocycles. The van der Waals surface area contributed by atoms with Crippen LogP contribution in [0.25, 0.3) is 0 Å². The summed E-state index contributed by atoms with van der Waals surface area (Å²) in [7, 11) is 0. The van der Waals surface area contributed by atoms with Crippen molar-refractivity contribution in [1.29, 1.82) is 0 Å². The SMILES string of the molecule is ClCCc1cccc(Cl)c1CCl. The maximum Gasteiger partial charge on any atom is 0.0491 e. The third-order valence-corrected chi connectivity index (χ3v) is 2.52. The number of hydrogen-bond acceptors (Lipinski definition) is 0. The van der Waals surface area contributed by atoms with Gasteiger partial charge < -0.3 is 0 Å². The zero-order chi connectivity index (χ0) is 8.97. The molecule has 66 valence electrons. The van der Waals surface area contributed by atoms with Crippen molar-refractivity contribution in [2.45, 2.75) is 12.3 Å². The van der Waals surface area contributed by atoms with Gasteiger partial charge in [0, 0.05) is 16.8 Å². The van der Waals surface area contributed by atoms with Gasteiger partial charge in [0.05, 0.1) is 0 Å². The summed E-state index contributed by atoms with van der Waals surface area (Å²) in [6.07, 6.45) is 0.824. The largest absolute Gasteiger partial charge is 0.126 e. The molecule has 0 fully saturated rings. The second kappa shape index (κ2) is 4.96. The maximum atomic E-state index is 5.94. The average molecular weight is 224 g/mol. The highest BCUT2D eigenvalue weighted by molar-refractivity contribution is 6.32. The Labute approximate surface area is 87.4 Å². The van der Waals surface area contributed by atoms with Gasteiger partial charge in [-0.15, -0.1) is 23.2 Å². The first-order valence-corrected chi connectivity index (χ1v) is 5.12. The minimum atomic E-state index is 0.450. The normalized spacial score (nSPS) is 10.2. The van der Waals surface area contributed by atoms with Gasteiger partial charge >= 0.3 is 0 Å². The van der Waals surface area contributed by atoms with Crippen LogP contribution < -0.4 is 0 Å². The van der Waals surface area contributed by atoms with Crippen molar-refractivity contribution in [2.75, 3.05) is 5.88 Å². The topological polar surface area (TPSA) is 0 Å². The summed E-state index contributed by atoms with van der Waals surface area (Å²) in [5, 5.41) is 0.729. The van der Waals surface area contributed by atoms with E-state index in [0.29, 0.717) is 11.8 Å². The molecule has 1 rings (SSSR count). The molecule has 0 aliphatic carbocycles. The molecular weight excluding hydrogens is 214 g/mol. The molecule has 1 aromatic carbocycles. The molecule has 0 saturated carbocycles. The van der Waals surface area contributed by atoms with Crippen LogP contribution in [0.15, 0.2) is 18.2 Å². The highest BCUT2D eigenvalue weighted by Crippen LogP contribution is 2.22. The molecule has 0 atom stereocenters. The molecule has 0 nitrogen and oxygen atoms in total. The molecule has 0 heterocycles. The predicted octanol–water partition coefficient (Wildman–Crippen LogP) is 3.86. The summed E-state index contributed by atoms with van der Waals surface area (Å²) in [5.74, 6) is 1.05. The van der Waals surface area contributed by atoms with Crippen LogP contribution in [0.3, 0.4) is 0 Å². The molecule has 0 radical (unpaired) electrons. The smallest absolute Gasteiger partial charge is 0.0491 e. The van der Waals surface area contributed by atoms with Crippen molar-refractivity contribution in [2.24, 2.45) is 0 Å². The monoisotopic (exact) mass is 222 g/mol. The Morgan fingerprint density at radius 3 is 2.50 bits per heavy atom. The van der Waals surface area contributed by atoms with Crippen LogP contribution in [0.4, 0.5) is 0 Å². The van der Waals surface area contributed by atoms with Crippen molar-refractivity contribution in [1.82, 2.24) is 0 Å². The van der Waals surface area contributed by atoms with E-state index in [0.717, 1.165) is 22.6 Å². The zero-order valence-electron chi connectivity index (χ0n) is 6.49. The highest BCUT2D eigenvalue weighted by atomic mass is 35.5. The Morgan fingerprint density at radius 2 is 1.92 bits per heavy atom. The Balaban J connectivity index is 3.00. The zero-order valence-corrected chi connectivity index (χ0v) is 8.76. The van der Waals surface area contributed by atoms with E-state index < -0.39 is 0 Å². The van der Waals surface area contributed by atoms with Gasteiger partial charge in [-0.1, -0.05) is 23.7 Å². The second-order valence-corrected chi connectivity index (χ2v) is 3.50. The van der Waals surface area contributed by atoms with Crippen molar-refractivity contribution < 1.29 is 0 Å². The van der Waals surface area contributed by atoms with Crippen LogP contribution in [0.2, 0.25) is 5.02 Å². The third-order valence-electron chi connectivity index (χ3n) is 1.71. The molecule has 0 aliphatic rings. The Morgan fingerprint density at radius 1 is 1.17 bits per heavy atom. The number of alkyl halides is 2. The van der Waals surface area contributed by atoms with Gasteiger partial charge in [0.2, 0.25) is 0 Å². The molecule has 0 spiro atoms. The lowest BCUT2D eigenvalue weighted by molar-refractivity contribution is 1.11. The van der Waals surface area contributed by atoms with Gasteiger partial charge in [-0.05, 0) is 23.6 Å². The van der Waals surface area contributed by atoms with Crippen LogP contribution in [-0.4, -0.2) is 5.88 Å².